The molecule has 0 unspecified atom stereocenters. The molecule has 198 valence electrons. The van der Waals surface area contributed by atoms with E-state index in [1.165, 1.54) is 115 Å². The van der Waals surface area contributed by atoms with Crippen molar-refractivity contribution >= 4 is 22.9 Å². The van der Waals surface area contributed by atoms with E-state index in [4.69, 9.17) is 4.99 Å². The minimum Gasteiger partial charge on any atom is -1.00 e. The van der Waals surface area contributed by atoms with Crippen molar-refractivity contribution in [2.24, 2.45) is 4.99 Å². The highest BCUT2D eigenvalue weighted by Crippen LogP contribution is 2.16. The molecule has 0 aliphatic rings. The molecule has 0 aromatic heterocycles. The normalized spacial score (nSPS) is 11.2. The van der Waals surface area contributed by atoms with Gasteiger partial charge in [-0.3, -0.25) is 4.48 Å². The van der Waals surface area contributed by atoms with E-state index in [1.54, 1.807) is 0 Å². The molecule has 5 heteroatoms. The van der Waals surface area contributed by atoms with E-state index in [0.29, 0.717) is 0 Å². The standard InChI is InChI=1S/C21H46N3.C6H14.2BrH/c1-6-11-16-22-21(23-17-12-7-2)24(18-13-8-3,19-14-9-4)20-15-10-5;1-3-5-6-4-2;;/h6-20H2,1-5H3,(H,22,23);3-6H2,1-2H3;2*1H/q+1;;;/p-1. The van der Waals surface area contributed by atoms with Crippen molar-refractivity contribution in [3.63, 3.8) is 0 Å². The molecule has 0 spiro atoms. The lowest BCUT2D eigenvalue weighted by Gasteiger charge is -2.39. The SMILES string of the molecule is Br.CCCCCC.CCCCN=C(NCCCC)[N+](CCCC)(CCCC)CCCC.[Br-]. The monoisotopic (exact) mass is 585 g/mol. The number of guanidine groups is 1. The van der Waals surface area contributed by atoms with Crippen LogP contribution < -0.4 is 22.3 Å². The highest BCUT2D eigenvalue weighted by Gasteiger charge is 2.32. The first kappa shape index (κ1) is 39.6. The van der Waals surface area contributed by atoms with Crippen molar-refractivity contribution in [1.82, 2.24) is 5.32 Å². The molecule has 3 nitrogen and oxygen atoms in total. The minimum atomic E-state index is 0. The van der Waals surface area contributed by atoms with Crippen LogP contribution in [0.1, 0.15) is 138 Å². The minimum absolute atomic E-state index is 0. The van der Waals surface area contributed by atoms with E-state index in [9.17, 15) is 0 Å². The smallest absolute Gasteiger partial charge is 0.297 e. The van der Waals surface area contributed by atoms with Gasteiger partial charge in [0.15, 0.2) is 0 Å². The average molecular weight is 588 g/mol. The van der Waals surface area contributed by atoms with Crippen molar-refractivity contribution in [2.75, 3.05) is 32.7 Å². The number of nitrogens with one attached hydrogen (secondary N) is 1. The summed E-state index contributed by atoms with van der Waals surface area (Å²) in [5, 5.41) is 3.77. The van der Waals surface area contributed by atoms with Crippen LogP contribution in [0.2, 0.25) is 0 Å². The zero-order valence-corrected chi connectivity index (χ0v) is 26.4. The number of rotatable bonds is 18. The molecule has 0 aromatic carbocycles. The van der Waals surface area contributed by atoms with Crippen LogP contribution in [0.15, 0.2) is 4.99 Å². The fourth-order valence-corrected chi connectivity index (χ4v) is 3.63. The van der Waals surface area contributed by atoms with Crippen LogP contribution in [0, 0.1) is 0 Å². The van der Waals surface area contributed by atoms with Crippen LogP contribution in [0.25, 0.3) is 0 Å². The third-order valence-electron chi connectivity index (χ3n) is 5.81. The Bertz CT molecular complexity index is 337. The quantitative estimate of drug-likeness (QED) is 0.0917. The van der Waals surface area contributed by atoms with E-state index in [0.717, 1.165) is 17.6 Å². The van der Waals surface area contributed by atoms with Crippen LogP contribution in [0.3, 0.4) is 0 Å². The lowest BCUT2D eigenvalue weighted by Crippen LogP contribution is -3.00. The maximum absolute atomic E-state index is 5.09. The predicted octanol–water partition coefficient (Wildman–Crippen LogP) is 5.92. The molecule has 0 aromatic rings. The number of hydrogen-bond acceptors (Lipinski definition) is 1. The van der Waals surface area contributed by atoms with E-state index in [-0.39, 0.29) is 34.0 Å². The molecule has 0 rings (SSSR count). The van der Waals surface area contributed by atoms with Gasteiger partial charge in [0.25, 0.3) is 5.96 Å². The summed E-state index contributed by atoms with van der Waals surface area (Å²) in [7, 11) is 0. The van der Waals surface area contributed by atoms with Gasteiger partial charge in [-0.05, 0) is 32.1 Å². The summed E-state index contributed by atoms with van der Waals surface area (Å²) in [6.45, 7) is 21.7. The molecular formula is C27H61Br2N3. The fourth-order valence-electron chi connectivity index (χ4n) is 3.63. The molecule has 0 saturated heterocycles. The number of quaternary nitrogens is 1. The molecular weight excluding hydrogens is 526 g/mol. The zero-order chi connectivity index (χ0) is 22.9. The predicted molar refractivity (Wildman–Crippen MR) is 150 cm³/mol. The molecule has 0 fully saturated rings. The van der Waals surface area contributed by atoms with Gasteiger partial charge in [-0.1, -0.05) is 106 Å². The van der Waals surface area contributed by atoms with Crippen LogP contribution in [-0.4, -0.2) is 43.2 Å². The summed E-state index contributed by atoms with van der Waals surface area (Å²) >= 11 is 0. The molecule has 0 aliphatic carbocycles. The summed E-state index contributed by atoms with van der Waals surface area (Å²) in [5.74, 6) is 1.30. The molecule has 1 N–H and O–H groups in total. The summed E-state index contributed by atoms with van der Waals surface area (Å²) in [6, 6.07) is 0. The number of unbranched alkanes of at least 4 members (excludes halogenated alkanes) is 8. The Morgan fingerprint density at radius 3 is 1.28 bits per heavy atom. The molecule has 0 aliphatic heterocycles. The van der Waals surface area contributed by atoms with Crippen molar-refractivity contribution in [1.29, 1.82) is 0 Å². The first-order valence-corrected chi connectivity index (χ1v) is 13.8. The lowest BCUT2D eigenvalue weighted by atomic mass is 10.1. The number of halogens is 2. The van der Waals surface area contributed by atoms with Crippen molar-refractivity contribution in [2.45, 2.75) is 138 Å². The topological polar surface area (TPSA) is 24.4 Å². The van der Waals surface area contributed by atoms with Gasteiger partial charge in [-0.2, -0.15) is 0 Å². The molecule has 0 amide bonds. The Hall–Kier alpha value is 0.390. The average Bonchev–Trinajstić information content (AvgIpc) is 2.77. The lowest BCUT2D eigenvalue weighted by molar-refractivity contribution is -0.845. The first-order chi connectivity index (χ1) is 14.6. The molecule has 32 heavy (non-hydrogen) atoms. The zero-order valence-electron chi connectivity index (χ0n) is 23.1. The highest BCUT2D eigenvalue weighted by molar-refractivity contribution is 8.93. The molecule has 0 heterocycles. The van der Waals surface area contributed by atoms with Gasteiger partial charge >= 0.3 is 0 Å². The Morgan fingerprint density at radius 1 is 0.562 bits per heavy atom. The number of aliphatic imine (C=N–C) groups is 1. The van der Waals surface area contributed by atoms with E-state index in [2.05, 4.69) is 53.8 Å². The second-order valence-corrected chi connectivity index (χ2v) is 8.92. The highest BCUT2D eigenvalue weighted by atomic mass is 79.9. The molecule has 0 saturated carbocycles. The van der Waals surface area contributed by atoms with E-state index >= 15 is 0 Å². The fraction of sp³-hybridized carbons (Fsp3) is 0.963. The molecule has 0 atom stereocenters. The third kappa shape index (κ3) is 22.2. The van der Waals surface area contributed by atoms with Crippen molar-refractivity contribution in [3.05, 3.63) is 0 Å². The summed E-state index contributed by atoms with van der Waals surface area (Å²) in [6.07, 6.45) is 18.2. The Kier molecular flexibility index (Phi) is 38.8. The van der Waals surface area contributed by atoms with Gasteiger partial charge in [0.2, 0.25) is 0 Å². The van der Waals surface area contributed by atoms with E-state index < -0.39 is 0 Å². The van der Waals surface area contributed by atoms with Crippen LogP contribution >= 0.6 is 17.0 Å². The van der Waals surface area contributed by atoms with Crippen LogP contribution in [0.4, 0.5) is 0 Å². The Labute approximate surface area is 225 Å². The van der Waals surface area contributed by atoms with Gasteiger partial charge in [0, 0.05) is 13.1 Å². The van der Waals surface area contributed by atoms with Crippen LogP contribution in [-0.2, 0) is 0 Å². The van der Waals surface area contributed by atoms with Crippen LogP contribution in [0.5, 0.6) is 0 Å². The molecule has 0 radical (unpaired) electrons. The van der Waals surface area contributed by atoms with Gasteiger partial charge in [-0.25, -0.2) is 4.99 Å². The second-order valence-electron chi connectivity index (χ2n) is 8.92. The summed E-state index contributed by atoms with van der Waals surface area (Å²) in [5.41, 5.74) is 0. The maximum Gasteiger partial charge on any atom is 0.297 e. The largest absolute Gasteiger partial charge is 1.00 e. The van der Waals surface area contributed by atoms with Gasteiger partial charge < -0.3 is 22.3 Å². The number of hydrogen-bond donors (Lipinski definition) is 1. The first-order valence-electron chi connectivity index (χ1n) is 13.8. The summed E-state index contributed by atoms with van der Waals surface area (Å²) in [4.78, 5) is 5.09. The maximum atomic E-state index is 5.09. The Morgan fingerprint density at radius 2 is 0.938 bits per heavy atom. The summed E-state index contributed by atoms with van der Waals surface area (Å²) < 4.78 is 1.10. The molecule has 0 bridgehead atoms. The van der Waals surface area contributed by atoms with E-state index in [1.807, 2.05) is 0 Å². The van der Waals surface area contributed by atoms with Gasteiger partial charge in [-0.15, -0.1) is 17.0 Å². The van der Waals surface area contributed by atoms with Crippen molar-refractivity contribution < 1.29 is 21.5 Å². The Balaban J connectivity index is -0.000000429. The third-order valence-corrected chi connectivity index (χ3v) is 5.81. The van der Waals surface area contributed by atoms with Gasteiger partial charge in [0.1, 0.15) is 0 Å². The van der Waals surface area contributed by atoms with Gasteiger partial charge in [0.05, 0.1) is 19.6 Å². The van der Waals surface area contributed by atoms with Crippen molar-refractivity contribution in [3.8, 4) is 0 Å². The second kappa shape index (κ2) is 31.4. The number of nitrogens with zero attached hydrogens (tertiary/aromatic N) is 2.